The zero-order valence-corrected chi connectivity index (χ0v) is 16.9. The Morgan fingerprint density at radius 3 is 2.48 bits per heavy atom. The molecule has 0 spiro atoms. The summed E-state index contributed by atoms with van der Waals surface area (Å²) in [5.41, 5.74) is 0.654. The van der Waals surface area contributed by atoms with Crippen LogP contribution in [0.15, 0.2) is 23.0 Å². The Balaban J connectivity index is 1.91. The SMILES string of the molecule is COC(=O)C1=CO[C@@H](O[C@@H]2O[C@H](CO)[C@@H](O)[C@H](O)[C@H]2O)C2=C(COC(C)=O)[C@@H](O)C[C@H]12. The summed E-state index contributed by atoms with van der Waals surface area (Å²) in [5.74, 6) is -1.96. The molecule has 3 rings (SSSR count). The van der Waals surface area contributed by atoms with Gasteiger partial charge < -0.3 is 49.2 Å². The molecule has 3 aliphatic rings. The Labute approximate surface area is 177 Å². The lowest BCUT2D eigenvalue weighted by atomic mass is 9.90. The van der Waals surface area contributed by atoms with Gasteiger partial charge in [0.2, 0.25) is 6.29 Å². The number of carbonyl (C=O) groups excluding carboxylic acids is 2. The lowest BCUT2D eigenvalue weighted by Gasteiger charge is -2.41. The molecule has 0 unspecified atom stereocenters. The summed E-state index contributed by atoms with van der Waals surface area (Å²) in [6.45, 7) is 0.266. The maximum absolute atomic E-state index is 12.1. The second-order valence-electron chi connectivity index (χ2n) is 7.43. The smallest absolute Gasteiger partial charge is 0.337 e. The number of rotatable bonds is 6. The van der Waals surface area contributed by atoms with Crippen LogP contribution in [-0.4, -0.2) is 101 Å². The van der Waals surface area contributed by atoms with Gasteiger partial charge in [0, 0.05) is 24.0 Å². The van der Waals surface area contributed by atoms with Gasteiger partial charge in [0.25, 0.3) is 0 Å². The van der Waals surface area contributed by atoms with Gasteiger partial charge in [-0.15, -0.1) is 0 Å². The molecule has 1 saturated heterocycles. The molecule has 2 heterocycles. The molecule has 0 aromatic carbocycles. The number of hydrogen-bond acceptors (Lipinski definition) is 12. The van der Waals surface area contributed by atoms with Crippen LogP contribution >= 0.6 is 0 Å². The largest absolute Gasteiger partial charge is 0.468 e. The van der Waals surface area contributed by atoms with Crippen LogP contribution in [0.4, 0.5) is 0 Å². The minimum absolute atomic E-state index is 0.0742. The lowest BCUT2D eigenvalue weighted by Crippen LogP contribution is -2.60. The number of methoxy groups -OCH3 is 1. The van der Waals surface area contributed by atoms with Gasteiger partial charge in [-0.05, 0) is 6.42 Å². The van der Waals surface area contributed by atoms with E-state index in [0.29, 0.717) is 0 Å². The Morgan fingerprint density at radius 2 is 1.87 bits per heavy atom. The van der Waals surface area contributed by atoms with Crippen LogP contribution in [0, 0.1) is 5.92 Å². The normalized spacial score (nSPS) is 37.6. The fourth-order valence-corrected chi connectivity index (χ4v) is 3.88. The highest BCUT2D eigenvalue weighted by Gasteiger charge is 2.49. The molecule has 5 N–H and O–H groups in total. The standard InChI is InChI=1S/C19H26O12/c1-7(21)28-6-10-11(22)3-8-9(17(26)27-2)5-29-18(13(8)10)31-19-16(25)15(24)14(23)12(4-20)30-19/h5,8,11-12,14-16,18-20,22-25H,3-4,6H2,1-2H3/t8-,11+,12-,14-,15+,16-,18+,19+/m1/s1. The highest BCUT2D eigenvalue weighted by molar-refractivity contribution is 5.90. The van der Waals surface area contributed by atoms with E-state index >= 15 is 0 Å². The molecule has 0 aromatic heterocycles. The van der Waals surface area contributed by atoms with Crippen LogP contribution in [0.5, 0.6) is 0 Å². The zero-order valence-electron chi connectivity index (χ0n) is 16.9. The van der Waals surface area contributed by atoms with Gasteiger partial charge in [0.15, 0.2) is 6.29 Å². The number of ether oxygens (including phenoxy) is 5. The molecule has 8 atom stereocenters. The molecule has 12 nitrogen and oxygen atoms in total. The molecule has 174 valence electrons. The molecule has 0 amide bonds. The van der Waals surface area contributed by atoms with E-state index in [1.54, 1.807) is 0 Å². The number of aliphatic hydroxyl groups excluding tert-OH is 5. The summed E-state index contributed by atoms with van der Waals surface area (Å²) >= 11 is 0. The van der Waals surface area contributed by atoms with Crippen molar-refractivity contribution in [2.45, 2.75) is 56.4 Å². The zero-order chi connectivity index (χ0) is 22.9. The van der Waals surface area contributed by atoms with Gasteiger partial charge in [0.1, 0.15) is 31.0 Å². The molecule has 0 aromatic rings. The van der Waals surface area contributed by atoms with Gasteiger partial charge in [-0.1, -0.05) is 0 Å². The first kappa shape index (κ1) is 23.6. The van der Waals surface area contributed by atoms with Gasteiger partial charge in [-0.25, -0.2) is 4.79 Å². The summed E-state index contributed by atoms with van der Waals surface area (Å²) in [7, 11) is 1.19. The maximum atomic E-state index is 12.1. The Morgan fingerprint density at radius 1 is 1.16 bits per heavy atom. The summed E-state index contributed by atoms with van der Waals surface area (Å²) in [5, 5.41) is 50.0. The van der Waals surface area contributed by atoms with E-state index in [0.717, 1.165) is 6.26 Å². The quantitative estimate of drug-likeness (QED) is 0.213. The Kier molecular flexibility index (Phi) is 7.31. The minimum atomic E-state index is -1.69. The second-order valence-corrected chi connectivity index (χ2v) is 7.43. The molecule has 1 fully saturated rings. The Hall–Kier alpha value is -2.06. The third-order valence-corrected chi connectivity index (χ3v) is 5.51. The summed E-state index contributed by atoms with van der Waals surface area (Å²) < 4.78 is 26.3. The van der Waals surface area contributed by atoms with Crippen molar-refractivity contribution in [2.24, 2.45) is 5.92 Å². The van der Waals surface area contributed by atoms with Crippen LogP contribution in [0.1, 0.15) is 13.3 Å². The molecule has 12 heteroatoms. The van der Waals surface area contributed by atoms with Crippen LogP contribution in [0.3, 0.4) is 0 Å². The fraction of sp³-hybridized carbons (Fsp3) is 0.684. The predicted molar refractivity (Wildman–Crippen MR) is 97.6 cm³/mol. The van der Waals surface area contributed by atoms with Gasteiger partial charge in [-0.2, -0.15) is 0 Å². The van der Waals surface area contributed by atoms with Crippen molar-refractivity contribution >= 4 is 11.9 Å². The maximum Gasteiger partial charge on any atom is 0.337 e. The average Bonchev–Trinajstić information content (AvgIpc) is 3.08. The number of hydrogen-bond donors (Lipinski definition) is 5. The predicted octanol–water partition coefficient (Wildman–Crippen LogP) is -2.54. The first-order valence-corrected chi connectivity index (χ1v) is 9.63. The topological polar surface area (TPSA) is 181 Å². The molecule has 1 aliphatic carbocycles. The summed E-state index contributed by atoms with van der Waals surface area (Å²) in [6, 6.07) is 0. The van der Waals surface area contributed by atoms with Crippen LogP contribution in [0.25, 0.3) is 0 Å². The molecule has 31 heavy (non-hydrogen) atoms. The second kappa shape index (κ2) is 9.61. The number of carbonyl (C=O) groups is 2. The van der Waals surface area contributed by atoms with Crippen LogP contribution in [0.2, 0.25) is 0 Å². The molecule has 2 aliphatic heterocycles. The number of aliphatic hydroxyl groups is 5. The van der Waals surface area contributed by atoms with Crippen LogP contribution < -0.4 is 0 Å². The van der Waals surface area contributed by atoms with E-state index in [1.807, 2.05) is 0 Å². The van der Waals surface area contributed by atoms with E-state index in [-0.39, 0.29) is 29.7 Å². The van der Waals surface area contributed by atoms with E-state index in [1.165, 1.54) is 14.0 Å². The van der Waals surface area contributed by atoms with Crippen molar-refractivity contribution in [3.8, 4) is 0 Å². The average molecular weight is 446 g/mol. The first-order valence-electron chi connectivity index (χ1n) is 9.63. The summed E-state index contributed by atoms with van der Waals surface area (Å²) in [6.07, 6.45) is -8.83. The molecule has 0 bridgehead atoms. The van der Waals surface area contributed by atoms with Crippen molar-refractivity contribution in [3.05, 3.63) is 23.0 Å². The molecule has 0 saturated carbocycles. The molecule has 0 radical (unpaired) electrons. The van der Waals surface area contributed by atoms with Crippen molar-refractivity contribution in [1.82, 2.24) is 0 Å². The van der Waals surface area contributed by atoms with Crippen molar-refractivity contribution in [3.63, 3.8) is 0 Å². The Bertz CT molecular complexity index is 759. The highest BCUT2D eigenvalue weighted by Crippen LogP contribution is 2.44. The van der Waals surface area contributed by atoms with Gasteiger partial charge >= 0.3 is 11.9 Å². The van der Waals surface area contributed by atoms with E-state index in [2.05, 4.69) is 0 Å². The molecular weight excluding hydrogens is 420 g/mol. The van der Waals surface area contributed by atoms with Crippen molar-refractivity contribution < 1.29 is 58.8 Å². The number of esters is 2. The molecular formula is C19H26O12. The van der Waals surface area contributed by atoms with Crippen LogP contribution in [-0.2, 0) is 33.3 Å². The van der Waals surface area contributed by atoms with Gasteiger partial charge in [0.05, 0.1) is 31.7 Å². The first-order chi connectivity index (χ1) is 14.7. The highest BCUT2D eigenvalue weighted by atomic mass is 16.8. The summed E-state index contributed by atoms with van der Waals surface area (Å²) in [4.78, 5) is 23.4. The van der Waals surface area contributed by atoms with Crippen molar-refractivity contribution in [1.29, 1.82) is 0 Å². The third-order valence-electron chi connectivity index (χ3n) is 5.51. The monoisotopic (exact) mass is 446 g/mol. The minimum Gasteiger partial charge on any atom is -0.468 e. The van der Waals surface area contributed by atoms with E-state index < -0.39 is 67.6 Å². The number of fused-ring (bicyclic) bond motifs is 1. The third kappa shape index (κ3) is 4.60. The fourth-order valence-electron chi connectivity index (χ4n) is 3.88. The van der Waals surface area contributed by atoms with Crippen molar-refractivity contribution in [2.75, 3.05) is 20.3 Å². The van der Waals surface area contributed by atoms with E-state index in [9.17, 15) is 35.1 Å². The van der Waals surface area contributed by atoms with Gasteiger partial charge in [-0.3, -0.25) is 4.79 Å². The van der Waals surface area contributed by atoms with E-state index in [4.69, 9.17) is 23.7 Å². The lowest BCUT2D eigenvalue weighted by molar-refractivity contribution is -0.327.